The Morgan fingerprint density at radius 2 is 1.41 bits per heavy atom. The summed E-state index contributed by atoms with van der Waals surface area (Å²) in [5, 5.41) is 0. The molecule has 5 heteroatoms. The minimum absolute atomic E-state index is 0.360. The number of fused-ring (bicyclic) bond motifs is 1. The molecule has 0 saturated carbocycles. The predicted octanol–water partition coefficient (Wildman–Crippen LogP) is 6.12. The molecule has 0 spiro atoms. The topological polar surface area (TPSA) is 50.4 Å². The molecule has 0 aromatic carbocycles. The van der Waals surface area contributed by atoms with Crippen molar-refractivity contribution in [1.29, 1.82) is 0 Å². The van der Waals surface area contributed by atoms with Crippen LogP contribution in [0.25, 0.3) is 0 Å². The monoisotopic (exact) mass is 490 g/mol. The predicted molar refractivity (Wildman–Crippen MR) is 117 cm³/mol. The molecule has 0 aliphatic carbocycles. The van der Waals surface area contributed by atoms with Gasteiger partial charge >= 0.3 is 128 Å². The molecule has 27 heavy (non-hydrogen) atoms. The Balaban J connectivity index is 1.42. The van der Waals surface area contributed by atoms with Gasteiger partial charge in [0.15, 0.2) is 0 Å². The van der Waals surface area contributed by atoms with Gasteiger partial charge in [0.2, 0.25) is 0 Å². The number of nitrogens with zero attached hydrogens (tertiary/aromatic N) is 1. The van der Waals surface area contributed by atoms with Gasteiger partial charge < -0.3 is 0 Å². The summed E-state index contributed by atoms with van der Waals surface area (Å²) >= 11 is -2.66. The van der Waals surface area contributed by atoms with E-state index in [1.165, 1.54) is 83.5 Å². The summed E-state index contributed by atoms with van der Waals surface area (Å²) in [6.07, 6.45) is 22.9. The maximum absolute atomic E-state index is 11.5. The molecule has 1 aliphatic rings. The summed E-state index contributed by atoms with van der Waals surface area (Å²) in [5.41, 5.74) is 0.555. The average molecular weight is 490 g/mol. The van der Waals surface area contributed by atoms with Crippen LogP contribution in [0.2, 0.25) is 0 Å². The summed E-state index contributed by atoms with van der Waals surface area (Å²) in [5.74, 6) is -0.360. The first-order valence-electron chi connectivity index (χ1n) is 10.9. The molecule has 1 N–H and O–H groups in total. The molecule has 154 valence electrons. The number of carbonyl (C=O) groups is 1. The normalized spacial score (nSPS) is 14.4. The van der Waals surface area contributed by atoms with E-state index in [2.05, 4.69) is 11.5 Å². The zero-order valence-electron chi connectivity index (χ0n) is 16.9. The Kier molecular flexibility index (Phi) is 11.3. The molecule has 2 heterocycles. The summed E-state index contributed by atoms with van der Waals surface area (Å²) in [6.45, 7) is 3.22. The SMILES string of the molecule is CCCCCCCCCCCCCCCC[n+]1ccc2c(c1)I(O)OC2=O. The van der Waals surface area contributed by atoms with Gasteiger partial charge in [0.1, 0.15) is 0 Å². The third-order valence-corrected chi connectivity index (χ3v) is 7.95. The molecule has 0 bridgehead atoms. The molecule has 0 radical (unpaired) electrons. The van der Waals surface area contributed by atoms with Crippen LogP contribution in [-0.2, 0) is 9.61 Å². The summed E-state index contributed by atoms with van der Waals surface area (Å²) in [6, 6.07) is 1.79. The Morgan fingerprint density at radius 3 is 1.96 bits per heavy atom. The van der Waals surface area contributed by atoms with Crippen LogP contribution >= 0.6 is 20.6 Å². The van der Waals surface area contributed by atoms with E-state index < -0.39 is 20.6 Å². The van der Waals surface area contributed by atoms with Crippen LogP contribution in [0.3, 0.4) is 0 Å². The van der Waals surface area contributed by atoms with Gasteiger partial charge in [-0.05, 0) is 0 Å². The van der Waals surface area contributed by atoms with Crippen molar-refractivity contribution in [2.24, 2.45) is 0 Å². The maximum atomic E-state index is 11.5. The first kappa shape index (κ1) is 22.6. The number of hydrogen-bond donors (Lipinski definition) is 1. The molecule has 0 amide bonds. The van der Waals surface area contributed by atoms with Crippen LogP contribution in [-0.4, -0.2) is 9.41 Å². The Morgan fingerprint density at radius 1 is 0.889 bits per heavy atom. The second-order valence-corrected chi connectivity index (χ2v) is 10.6. The molecule has 0 fully saturated rings. The fraction of sp³-hybridized carbons (Fsp3) is 0.727. The molecule has 1 aromatic rings. The van der Waals surface area contributed by atoms with Gasteiger partial charge in [-0.25, -0.2) is 0 Å². The molecular weight excluding hydrogens is 453 g/mol. The van der Waals surface area contributed by atoms with E-state index in [-0.39, 0.29) is 5.97 Å². The van der Waals surface area contributed by atoms with E-state index in [0.717, 1.165) is 16.5 Å². The van der Waals surface area contributed by atoms with Crippen LogP contribution < -0.4 is 4.57 Å². The average Bonchev–Trinajstić information content (AvgIpc) is 2.95. The number of aryl methyl sites for hydroxylation is 1. The number of aromatic nitrogens is 1. The number of halogens is 1. The minimum atomic E-state index is -2.66. The van der Waals surface area contributed by atoms with Gasteiger partial charge in [-0.15, -0.1) is 0 Å². The molecular formula is C22H37INO3+. The van der Waals surface area contributed by atoms with Crippen molar-refractivity contribution < 1.29 is 15.9 Å². The van der Waals surface area contributed by atoms with Crippen molar-refractivity contribution in [3.8, 4) is 0 Å². The molecule has 2 rings (SSSR count). The Hall–Kier alpha value is -0.690. The first-order chi connectivity index (χ1) is 13.2. The van der Waals surface area contributed by atoms with E-state index in [9.17, 15) is 8.23 Å². The van der Waals surface area contributed by atoms with Crippen LogP contribution in [0.1, 0.15) is 107 Å². The van der Waals surface area contributed by atoms with Gasteiger partial charge in [-0.2, -0.15) is 0 Å². The van der Waals surface area contributed by atoms with Crippen molar-refractivity contribution in [3.05, 3.63) is 27.6 Å². The van der Waals surface area contributed by atoms with Crippen molar-refractivity contribution in [1.82, 2.24) is 0 Å². The van der Waals surface area contributed by atoms with E-state index in [4.69, 9.17) is 3.07 Å². The quantitative estimate of drug-likeness (QED) is 0.183. The van der Waals surface area contributed by atoms with Crippen molar-refractivity contribution in [2.45, 2.75) is 103 Å². The fourth-order valence-corrected chi connectivity index (χ4v) is 5.93. The van der Waals surface area contributed by atoms with Crippen molar-refractivity contribution in [2.75, 3.05) is 0 Å². The number of rotatable bonds is 15. The van der Waals surface area contributed by atoms with E-state index >= 15 is 0 Å². The Bertz CT molecular complexity index is 564. The fourth-order valence-electron chi connectivity index (χ4n) is 3.58. The zero-order chi connectivity index (χ0) is 19.3. The number of hydrogen-bond acceptors (Lipinski definition) is 3. The van der Waals surface area contributed by atoms with E-state index in [1.807, 2.05) is 12.4 Å². The van der Waals surface area contributed by atoms with Crippen LogP contribution in [0.4, 0.5) is 0 Å². The standard InChI is InChI=1S/C22H37INO3/c1-2-3-4-5-6-7-8-9-10-11-12-13-14-15-17-24-18-16-20-21(19-24)23(26)27-22(20)25/h16,18-19,26H,2-15,17H2,1H3/q+1. The number of unbranched alkanes of at least 4 members (excludes halogenated alkanes) is 13. The molecule has 0 unspecified atom stereocenters. The van der Waals surface area contributed by atoms with Crippen LogP contribution in [0, 0.1) is 3.57 Å². The summed E-state index contributed by atoms with van der Waals surface area (Å²) < 4.78 is 17.7. The number of pyridine rings is 1. The third-order valence-electron chi connectivity index (χ3n) is 5.28. The molecule has 4 nitrogen and oxygen atoms in total. The second kappa shape index (κ2) is 13.5. The second-order valence-electron chi connectivity index (χ2n) is 7.64. The molecule has 0 atom stereocenters. The van der Waals surface area contributed by atoms with Gasteiger partial charge in [0, 0.05) is 0 Å². The van der Waals surface area contributed by atoms with Crippen molar-refractivity contribution >= 4 is 26.6 Å². The van der Waals surface area contributed by atoms with Crippen LogP contribution in [0.5, 0.6) is 0 Å². The molecule has 0 saturated heterocycles. The number of carbonyl (C=O) groups excluding carboxylic acids is 1. The Labute approximate surface area is 173 Å². The van der Waals surface area contributed by atoms with Gasteiger partial charge in [-0.1, -0.05) is 45.4 Å². The van der Waals surface area contributed by atoms with Crippen LogP contribution in [0.15, 0.2) is 18.5 Å². The van der Waals surface area contributed by atoms with E-state index in [0.29, 0.717) is 5.56 Å². The van der Waals surface area contributed by atoms with Gasteiger partial charge in [0.25, 0.3) is 0 Å². The van der Waals surface area contributed by atoms with E-state index in [1.54, 1.807) is 6.07 Å². The van der Waals surface area contributed by atoms with Gasteiger partial charge in [0.05, 0.1) is 0 Å². The van der Waals surface area contributed by atoms with Crippen molar-refractivity contribution in [3.63, 3.8) is 0 Å². The summed E-state index contributed by atoms with van der Waals surface area (Å²) in [4.78, 5) is 11.5. The summed E-state index contributed by atoms with van der Waals surface area (Å²) in [7, 11) is 0. The molecule has 1 aliphatic heterocycles. The zero-order valence-corrected chi connectivity index (χ0v) is 19.1. The third kappa shape index (κ3) is 8.46. The first-order valence-corrected chi connectivity index (χ1v) is 13.8. The van der Waals surface area contributed by atoms with Gasteiger partial charge in [-0.3, -0.25) is 0 Å². The molecule has 1 aromatic heterocycles.